The average molecular weight is 567 g/mol. The van der Waals surface area contributed by atoms with Crippen LogP contribution in [0.3, 0.4) is 0 Å². The van der Waals surface area contributed by atoms with Crippen LogP contribution >= 0.6 is 11.6 Å². The van der Waals surface area contributed by atoms with E-state index in [2.05, 4.69) is 35.4 Å². The van der Waals surface area contributed by atoms with Crippen molar-refractivity contribution in [3.63, 3.8) is 0 Å². The van der Waals surface area contributed by atoms with Crippen LogP contribution in [0.4, 0.5) is 21.5 Å². The molecular weight excluding hydrogens is 527 g/mol. The third-order valence-electron chi connectivity index (χ3n) is 7.06. The molecule has 8 nitrogen and oxygen atoms in total. The summed E-state index contributed by atoms with van der Waals surface area (Å²) in [6.45, 7) is 10.3. The van der Waals surface area contributed by atoms with Gasteiger partial charge in [0, 0.05) is 24.8 Å². The van der Waals surface area contributed by atoms with E-state index < -0.39 is 15.8 Å². The van der Waals surface area contributed by atoms with Gasteiger partial charge in [0.1, 0.15) is 11.5 Å². The Labute approximate surface area is 231 Å². The largest absolute Gasteiger partial charge is 0.370 e. The Hall–Kier alpha value is -2.43. The smallest absolute Gasteiger partial charge is 0.232 e. The Morgan fingerprint density at radius 1 is 1.26 bits per heavy atom. The number of hydrazine groups is 1. The maximum absolute atomic E-state index is 14.7. The zero-order valence-electron chi connectivity index (χ0n) is 22.7. The number of aromatic nitrogens is 1. The molecule has 2 aromatic rings. The maximum Gasteiger partial charge on any atom is 0.232 e. The van der Waals surface area contributed by atoms with E-state index >= 15 is 0 Å². The van der Waals surface area contributed by atoms with Crippen LogP contribution < -0.4 is 20.5 Å². The lowest BCUT2D eigenvalue weighted by Gasteiger charge is -2.36. The standard InChI is InChI=1S/C27H40ClFN6O2S/c1-5-14-38(36,37)33-24-10-9-22(29)26(25(24)28)35(31)18-23(30)19-15-21(17-32-16-19)34-12-7-6-8-20(11-13-34)27(2,3)4/h9-10,15-17,20,30,33H,5-8,11-14,18,31H2,1-4H3. The van der Waals surface area contributed by atoms with Crippen molar-refractivity contribution in [3.05, 3.63) is 47.0 Å². The predicted molar refractivity (Wildman–Crippen MR) is 155 cm³/mol. The molecule has 0 aliphatic carbocycles. The first-order chi connectivity index (χ1) is 17.8. The maximum atomic E-state index is 14.7. The summed E-state index contributed by atoms with van der Waals surface area (Å²) in [5.74, 6) is 6.00. The number of pyridine rings is 1. The molecule has 0 radical (unpaired) electrons. The molecule has 1 saturated heterocycles. The van der Waals surface area contributed by atoms with Gasteiger partial charge in [0.25, 0.3) is 0 Å². The molecule has 38 heavy (non-hydrogen) atoms. The van der Waals surface area contributed by atoms with E-state index in [0.717, 1.165) is 42.7 Å². The van der Waals surface area contributed by atoms with Crippen molar-refractivity contribution in [1.29, 1.82) is 5.41 Å². The van der Waals surface area contributed by atoms with Gasteiger partial charge in [-0.1, -0.05) is 45.7 Å². The minimum absolute atomic E-state index is 0.0350. The van der Waals surface area contributed by atoms with Gasteiger partial charge in [0.05, 0.1) is 40.6 Å². The van der Waals surface area contributed by atoms with Crippen LogP contribution in [-0.4, -0.2) is 44.5 Å². The van der Waals surface area contributed by atoms with Gasteiger partial charge in [-0.05, 0) is 55.2 Å². The molecule has 1 atom stereocenters. The summed E-state index contributed by atoms with van der Waals surface area (Å²) >= 11 is 6.37. The number of nitrogens with zero attached hydrogens (tertiary/aromatic N) is 3. The van der Waals surface area contributed by atoms with Gasteiger partial charge < -0.3 is 15.3 Å². The highest BCUT2D eigenvalue weighted by Gasteiger charge is 2.26. The van der Waals surface area contributed by atoms with Crippen molar-refractivity contribution in [3.8, 4) is 0 Å². The van der Waals surface area contributed by atoms with Crippen LogP contribution in [0.25, 0.3) is 0 Å². The fraction of sp³-hybridized carbons (Fsp3) is 0.556. The SMILES string of the molecule is CCCS(=O)(=O)Nc1ccc(F)c(N(N)CC(=N)c2cncc(N3CCCCC(C(C)(C)C)CC3)c2)c1Cl. The van der Waals surface area contributed by atoms with E-state index in [1.165, 1.54) is 18.9 Å². The molecule has 0 saturated carbocycles. The number of nitrogens with two attached hydrogens (primary N) is 1. The lowest BCUT2D eigenvalue weighted by Crippen LogP contribution is -2.37. The summed E-state index contributed by atoms with van der Waals surface area (Å²) in [5.41, 5.74) is 1.76. The van der Waals surface area contributed by atoms with Gasteiger partial charge in [-0.3, -0.25) is 9.71 Å². The minimum Gasteiger partial charge on any atom is -0.370 e. The Morgan fingerprint density at radius 3 is 2.68 bits per heavy atom. The molecule has 4 N–H and O–H groups in total. The molecule has 1 aromatic carbocycles. The molecule has 210 valence electrons. The predicted octanol–water partition coefficient (Wildman–Crippen LogP) is 5.82. The summed E-state index contributed by atoms with van der Waals surface area (Å²) < 4.78 is 41.5. The highest BCUT2D eigenvalue weighted by atomic mass is 35.5. The van der Waals surface area contributed by atoms with E-state index in [0.29, 0.717) is 17.9 Å². The van der Waals surface area contributed by atoms with Crippen LogP contribution in [-0.2, 0) is 10.0 Å². The average Bonchev–Trinajstić information content (AvgIpc) is 2.80. The number of anilines is 3. The molecule has 11 heteroatoms. The second-order valence-electron chi connectivity index (χ2n) is 11.1. The van der Waals surface area contributed by atoms with Gasteiger partial charge in [-0.25, -0.2) is 18.7 Å². The monoisotopic (exact) mass is 566 g/mol. The summed E-state index contributed by atoms with van der Waals surface area (Å²) in [4.78, 5) is 6.69. The number of rotatable bonds is 9. The molecule has 3 rings (SSSR count). The van der Waals surface area contributed by atoms with Crippen molar-refractivity contribution in [2.45, 2.75) is 59.8 Å². The first kappa shape index (κ1) is 30.1. The first-order valence-corrected chi connectivity index (χ1v) is 15.1. The third kappa shape index (κ3) is 7.80. The summed E-state index contributed by atoms with van der Waals surface area (Å²) in [7, 11) is -3.63. The van der Waals surface area contributed by atoms with Gasteiger partial charge in [0.15, 0.2) is 0 Å². The Bertz CT molecular complexity index is 1230. The highest BCUT2D eigenvalue weighted by Crippen LogP contribution is 2.36. The summed E-state index contributed by atoms with van der Waals surface area (Å²) in [5, 5.41) is 9.50. The third-order valence-corrected chi connectivity index (χ3v) is 8.92. The van der Waals surface area contributed by atoms with Crippen LogP contribution in [0.15, 0.2) is 30.6 Å². The molecule has 0 spiro atoms. The second kappa shape index (κ2) is 12.6. The summed E-state index contributed by atoms with van der Waals surface area (Å²) in [6, 6.07) is 4.28. The lowest BCUT2D eigenvalue weighted by atomic mass is 9.75. The number of halogens is 2. The minimum atomic E-state index is -3.63. The van der Waals surface area contributed by atoms with Crippen molar-refractivity contribution >= 4 is 44.4 Å². The molecule has 1 unspecified atom stereocenters. The molecular formula is C27H40ClFN6O2S. The molecule has 1 fully saturated rings. The number of hydrogen-bond donors (Lipinski definition) is 3. The fourth-order valence-corrected chi connectivity index (χ4v) is 6.37. The number of nitrogens with one attached hydrogen (secondary N) is 2. The van der Waals surface area contributed by atoms with E-state index in [4.69, 9.17) is 22.9 Å². The molecule has 0 amide bonds. The van der Waals surface area contributed by atoms with Crippen LogP contribution in [0.5, 0.6) is 0 Å². The first-order valence-electron chi connectivity index (χ1n) is 13.1. The fourth-order valence-electron chi connectivity index (χ4n) is 4.86. The number of hydrogen-bond acceptors (Lipinski definition) is 7. The molecule has 1 aliphatic heterocycles. The van der Waals surface area contributed by atoms with Crippen LogP contribution in [0, 0.1) is 22.6 Å². The Balaban J connectivity index is 1.76. The molecule has 0 bridgehead atoms. The van der Waals surface area contributed by atoms with Crippen LogP contribution in [0.1, 0.15) is 65.4 Å². The number of sulfonamides is 1. The van der Waals surface area contributed by atoms with Gasteiger partial charge >= 0.3 is 0 Å². The zero-order chi connectivity index (χ0) is 28.1. The Kier molecular flexibility index (Phi) is 10.00. The van der Waals surface area contributed by atoms with Crippen molar-refractivity contribution in [2.75, 3.05) is 40.0 Å². The molecule has 1 aliphatic rings. The number of benzene rings is 1. The quantitative estimate of drug-likeness (QED) is 0.200. The summed E-state index contributed by atoms with van der Waals surface area (Å²) in [6.07, 6.45) is 8.44. The lowest BCUT2D eigenvalue weighted by molar-refractivity contribution is 0.203. The normalized spacial score (nSPS) is 17.0. The van der Waals surface area contributed by atoms with E-state index in [9.17, 15) is 12.8 Å². The van der Waals surface area contributed by atoms with Crippen molar-refractivity contribution in [2.24, 2.45) is 17.2 Å². The van der Waals surface area contributed by atoms with Gasteiger partial charge in [-0.2, -0.15) is 0 Å². The van der Waals surface area contributed by atoms with E-state index in [1.807, 2.05) is 12.3 Å². The molecule has 2 heterocycles. The van der Waals surface area contributed by atoms with Gasteiger partial charge in [0.2, 0.25) is 10.0 Å². The topological polar surface area (TPSA) is 115 Å². The van der Waals surface area contributed by atoms with Crippen molar-refractivity contribution < 1.29 is 12.8 Å². The zero-order valence-corrected chi connectivity index (χ0v) is 24.3. The van der Waals surface area contributed by atoms with E-state index in [-0.39, 0.29) is 39.8 Å². The van der Waals surface area contributed by atoms with Crippen molar-refractivity contribution in [1.82, 2.24) is 4.98 Å². The Morgan fingerprint density at radius 2 is 2.00 bits per heavy atom. The van der Waals surface area contributed by atoms with Crippen LogP contribution in [0.2, 0.25) is 5.02 Å². The molecule has 1 aromatic heterocycles. The second-order valence-corrected chi connectivity index (χ2v) is 13.3. The highest BCUT2D eigenvalue weighted by molar-refractivity contribution is 7.92. The van der Waals surface area contributed by atoms with E-state index in [1.54, 1.807) is 13.1 Å². The van der Waals surface area contributed by atoms with Gasteiger partial charge in [-0.15, -0.1) is 0 Å².